The van der Waals surface area contributed by atoms with Gasteiger partial charge in [-0.25, -0.2) is 0 Å². The Labute approximate surface area is 157 Å². The quantitative estimate of drug-likeness (QED) is 0.771. The zero-order valence-electron chi connectivity index (χ0n) is 16.5. The maximum Gasteiger partial charge on any atom is 0.261 e. The third-order valence-corrected chi connectivity index (χ3v) is 4.54. The first-order chi connectivity index (χ1) is 12.4. The molecule has 26 heavy (non-hydrogen) atoms. The van der Waals surface area contributed by atoms with Crippen LogP contribution in [0.2, 0.25) is 0 Å². The highest BCUT2D eigenvalue weighted by Gasteiger charge is 2.15. The van der Waals surface area contributed by atoms with Gasteiger partial charge >= 0.3 is 0 Å². The van der Waals surface area contributed by atoms with Gasteiger partial charge < -0.3 is 15.0 Å². The van der Waals surface area contributed by atoms with Gasteiger partial charge in [-0.1, -0.05) is 29.8 Å². The van der Waals surface area contributed by atoms with E-state index in [9.17, 15) is 4.79 Å². The fourth-order valence-electron chi connectivity index (χ4n) is 2.92. The first kappa shape index (κ1) is 19.8. The molecule has 0 aliphatic heterocycles. The van der Waals surface area contributed by atoms with Crippen LogP contribution in [0.1, 0.15) is 37.5 Å². The molecule has 0 aromatic heterocycles. The minimum absolute atomic E-state index is 0.113. The van der Waals surface area contributed by atoms with Crippen LogP contribution in [0.5, 0.6) is 5.75 Å². The van der Waals surface area contributed by atoms with Gasteiger partial charge in [0.15, 0.2) is 6.10 Å². The molecule has 1 amide bonds. The second kappa shape index (κ2) is 9.27. The summed E-state index contributed by atoms with van der Waals surface area (Å²) in [5.41, 5.74) is 4.50. The molecule has 0 bridgehead atoms. The summed E-state index contributed by atoms with van der Waals surface area (Å²) in [7, 11) is 0. The van der Waals surface area contributed by atoms with E-state index in [1.165, 1.54) is 11.3 Å². The number of carbonyl (C=O) groups is 1. The van der Waals surface area contributed by atoms with Crippen molar-refractivity contribution in [1.29, 1.82) is 0 Å². The number of amides is 1. The highest BCUT2D eigenvalue weighted by molar-refractivity contribution is 5.80. The molecule has 4 heteroatoms. The topological polar surface area (TPSA) is 41.6 Å². The van der Waals surface area contributed by atoms with E-state index in [1.807, 2.05) is 26.0 Å². The first-order valence-corrected chi connectivity index (χ1v) is 9.30. The van der Waals surface area contributed by atoms with Gasteiger partial charge in [-0.05, 0) is 63.9 Å². The van der Waals surface area contributed by atoms with Gasteiger partial charge in [-0.15, -0.1) is 0 Å². The minimum Gasteiger partial charge on any atom is -0.481 e. The molecule has 2 rings (SSSR count). The Morgan fingerprint density at radius 1 is 1.08 bits per heavy atom. The Kier molecular flexibility index (Phi) is 7.07. The molecular weight excluding hydrogens is 324 g/mol. The molecule has 0 spiro atoms. The largest absolute Gasteiger partial charge is 0.481 e. The summed E-state index contributed by atoms with van der Waals surface area (Å²) in [6.45, 7) is 12.6. The average Bonchev–Trinajstić information content (AvgIpc) is 2.64. The highest BCUT2D eigenvalue weighted by Crippen LogP contribution is 2.20. The maximum absolute atomic E-state index is 12.3. The van der Waals surface area contributed by atoms with Crippen LogP contribution in [0.15, 0.2) is 42.5 Å². The molecule has 1 N–H and O–H groups in total. The zero-order valence-corrected chi connectivity index (χ0v) is 16.5. The van der Waals surface area contributed by atoms with Crippen LogP contribution in [0.25, 0.3) is 0 Å². The Morgan fingerprint density at radius 2 is 1.73 bits per heavy atom. The molecule has 2 aromatic rings. The molecule has 0 saturated carbocycles. The van der Waals surface area contributed by atoms with Crippen molar-refractivity contribution in [2.75, 3.05) is 18.0 Å². The number of nitrogens with zero attached hydrogens (tertiary/aromatic N) is 1. The Morgan fingerprint density at radius 3 is 2.31 bits per heavy atom. The normalized spacial score (nSPS) is 11.7. The Hall–Kier alpha value is -2.49. The second-order valence-electron chi connectivity index (χ2n) is 6.59. The van der Waals surface area contributed by atoms with E-state index < -0.39 is 6.10 Å². The van der Waals surface area contributed by atoms with Crippen molar-refractivity contribution in [3.05, 3.63) is 59.2 Å². The lowest BCUT2D eigenvalue weighted by molar-refractivity contribution is -0.127. The van der Waals surface area contributed by atoms with E-state index in [4.69, 9.17) is 4.74 Å². The van der Waals surface area contributed by atoms with E-state index >= 15 is 0 Å². The van der Waals surface area contributed by atoms with Gasteiger partial charge in [0.25, 0.3) is 5.91 Å². The third-order valence-electron chi connectivity index (χ3n) is 4.54. The molecule has 0 fully saturated rings. The van der Waals surface area contributed by atoms with Crippen LogP contribution in [-0.2, 0) is 11.3 Å². The number of nitrogens with one attached hydrogen (secondary N) is 1. The zero-order chi connectivity index (χ0) is 19.1. The van der Waals surface area contributed by atoms with Crippen LogP contribution >= 0.6 is 0 Å². The summed E-state index contributed by atoms with van der Waals surface area (Å²) < 4.78 is 5.81. The first-order valence-electron chi connectivity index (χ1n) is 9.30. The summed E-state index contributed by atoms with van der Waals surface area (Å²) in [6, 6.07) is 14.3. The van der Waals surface area contributed by atoms with Crippen LogP contribution in [0, 0.1) is 13.8 Å². The number of hydrogen-bond donors (Lipinski definition) is 1. The predicted molar refractivity (Wildman–Crippen MR) is 108 cm³/mol. The van der Waals surface area contributed by atoms with Gasteiger partial charge in [0.1, 0.15) is 5.75 Å². The number of ether oxygens (including phenoxy) is 1. The monoisotopic (exact) mass is 354 g/mol. The third kappa shape index (κ3) is 5.25. The van der Waals surface area contributed by atoms with E-state index in [0.717, 1.165) is 30.0 Å². The summed E-state index contributed by atoms with van der Waals surface area (Å²) in [4.78, 5) is 14.6. The van der Waals surface area contributed by atoms with Crippen LogP contribution < -0.4 is 15.0 Å². The average molecular weight is 354 g/mol. The smallest absolute Gasteiger partial charge is 0.261 e. The van der Waals surface area contributed by atoms with Crippen LogP contribution in [0.3, 0.4) is 0 Å². The molecule has 2 aromatic carbocycles. The van der Waals surface area contributed by atoms with Crippen molar-refractivity contribution in [2.45, 2.75) is 47.3 Å². The standard InChI is InChI=1S/C22H30N2O2/c1-6-24(7-2)20-11-9-19(10-12-20)15-23-22(25)18(5)26-21-13-8-16(3)14-17(21)4/h8-14,18H,6-7,15H2,1-5H3,(H,23,25). The highest BCUT2D eigenvalue weighted by atomic mass is 16.5. The van der Waals surface area contributed by atoms with Crippen molar-refractivity contribution < 1.29 is 9.53 Å². The minimum atomic E-state index is -0.536. The number of benzene rings is 2. The van der Waals surface area contributed by atoms with E-state index in [-0.39, 0.29) is 5.91 Å². The molecule has 0 saturated heterocycles. The number of anilines is 1. The Balaban J connectivity index is 1.89. The lowest BCUT2D eigenvalue weighted by atomic mass is 10.1. The summed E-state index contributed by atoms with van der Waals surface area (Å²) in [6.07, 6.45) is -0.536. The molecule has 0 aliphatic carbocycles. The van der Waals surface area contributed by atoms with Crippen molar-refractivity contribution >= 4 is 11.6 Å². The van der Waals surface area contributed by atoms with Crippen LogP contribution in [-0.4, -0.2) is 25.1 Å². The molecule has 0 radical (unpaired) electrons. The second-order valence-corrected chi connectivity index (χ2v) is 6.59. The maximum atomic E-state index is 12.3. The summed E-state index contributed by atoms with van der Waals surface area (Å²) in [5.74, 6) is 0.639. The fraction of sp³-hybridized carbons (Fsp3) is 0.409. The van der Waals surface area contributed by atoms with Crippen LogP contribution in [0.4, 0.5) is 5.69 Å². The van der Waals surface area contributed by atoms with E-state index in [1.54, 1.807) is 6.92 Å². The molecular formula is C22H30N2O2. The van der Waals surface area contributed by atoms with Crippen molar-refractivity contribution in [3.8, 4) is 5.75 Å². The van der Waals surface area contributed by atoms with Gasteiger partial charge in [-0.2, -0.15) is 0 Å². The molecule has 0 heterocycles. The predicted octanol–water partition coefficient (Wildman–Crippen LogP) is 4.23. The molecule has 1 unspecified atom stereocenters. The number of aryl methyl sites for hydroxylation is 2. The lowest BCUT2D eigenvalue weighted by Crippen LogP contribution is -2.36. The van der Waals surface area contributed by atoms with Crippen molar-refractivity contribution in [2.24, 2.45) is 0 Å². The number of hydrogen-bond acceptors (Lipinski definition) is 3. The van der Waals surface area contributed by atoms with Gasteiger partial charge in [-0.3, -0.25) is 4.79 Å². The van der Waals surface area contributed by atoms with Gasteiger partial charge in [0.05, 0.1) is 0 Å². The molecule has 1 atom stereocenters. The Bertz CT molecular complexity index is 721. The van der Waals surface area contributed by atoms with Gasteiger partial charge in [0, 0.05) is 25.3 Å². The fourth-order valence-corrected chi connectivity index (χ4v) is 2.92. The molecule has 4 nitrogen and oxygen atoms in total. The number of carbonyl (C=O) groups excluding carboxylic acids is 1. The van der Waals surface area contributed by atoms with Crippen molar-refractivity contribution in [3.63, 3.8) is 0 Å². The lowest BCUT2D eigenvalue weighted by Gasteiger charge is -2.21. The summed E-state index contributed by atoms with van der Waals surface area (Å²) in [5, 5.41) is 2.95. The summed E-state index contributed by atoms with van der Waals surface area (Å²) >= 11 is 0. The van der Waals surface area contributed by atoms with E-state index in [0.29, 0.717) is 6.54 Å². The van der Waals surface area contributed by atoms with Gasteiger partial charge in [0.2, 0.25) is 0 Å². The SMILES string of the molecule is CCN(CC)c1ccc(CNC(=O)C(C)Oc2ccc(C)cc2C)cc1. The number of rotatable bonds is 8. The van der Waals surface area contributed by atoms with Crippen molar-refractivity contribution in [1.82, 2.24) is 5.32 Å². The molecule has 0 aliphatic rings. The molecule has 140 valence electrons. The van der Waals surface area contributed by atoms with E-state index in [2.05, 4.69) is 54.4 Å².